The molecular formula is C57H73FN4O6. The molecule has 11 heteroatoms. The lowest BCUT2D eigenvalue weighted by molar-refractivity contribution is -0.123. The average Bonchev–Trinajstić information content (AvgIpc) is 3.68. The van der Waals surface area contributed by atoms with Crippen LogP contribution in [0.25, 0.3) is 22.4 Å². The van der Waals surface area contributed by atoms with Gasteiger partial charge in [0.05, 0.1) is 43.1 Å². The average molecular weight is 929 g/mol. The Morgan fingerprint density at radius 2 is 1.25 bits per heavy atom. The molecule has 0 fully saturated rings. The van der Waals surface area contributed by atoms with Crippen LogP contribution in [0.5, 0.6) is 0 Å². The third kappa shape index (κ3) is 20.0. The van der Waals surface area contributed by atoms with Crippen molar-refractivity contribution in [2.24, 2.45) is 0 Å². The predicted molar refractivity (Wildman–Crippen MR) is 275 cm³/mol. The van der Waals surface area contributed by atoms with Crippen LogP contribution < -0.4 is 16.0 Å². The van der Waals surface area contributed by atoms with Gasteiger partial charge in [-0.05, 0) is 111 Å². The van der Waals surface area contributed by atoms with E-state index in [4.69, 9.17) is 4.74 Å². The number of para-hydroxylation sites is 1. The third-order valence-corrected chi connectivity index (χ3v) is 11.0. The van der Waals surface area contributed by atoms with Gasteiger partial charge in [-0.3, -0.25) is 14.4 Å². The molecule has 364 valence electrons. The van der Waals surface area contributed by atoms with Gasteiger partial charge in [0.25, 0.3) is 5.91 Å². The molecule has 4 aromatic rings. The summed E-state index contributed by atoms with van der Waals surface area (Å²) in [7, 11) is 0. The van der Waals surface area contributed by atoms with Crippen LogP contribution in [-0.4, -0.2) is 71.0 Å². The fourth-order valence-electron chi connectivity index (χ4n) is 7.75. The zero-order valence-corrected chi connectivity index (χ0v) is 40.3. The zero-order chi connectivity index (χ0) is 48.8. The van der Waals surface area contributed by atoms with Crippen LogP contribution in [0.15, 0.2) is 146 Å². The molecule has 3 amide bonds. The molecule has 0 unspecified atom stereocenters. The van der Waals surface area contributed by atoms with Gasteiger partial charge in [0.1, 0.15) is 5.82 Å². The Morgan fingerprint density at radius 3 is 1.84 bits per heavy atom. The summed E-state index contributed by atoms with van der Waals surface area (Å²) < 4.78 is 21.9. The molecule has 3 aromatic carbocycles. The van der Waals surface area contributed by atoms with Gasteiger partial charge in [-0.25, -0.2) is 4.39 Å². The summed E-state index contributed by atoms with van der Waals surface area (Å²) in [5.74, 6) is -1.21. The molecule has 0 saturated carbocycles. The SMILES string of the molecule is CCC=CCC=CCC=CCC=CCC=CCCCC(=O)NCCOCCNC(=O)C[C@H](O)C[C@H](O)CCn1c(-c2ccc(F)cc2)c(-c2ccccc2)c(C(=O)Nc2ccccc2)c1C(C)C. The Bertz CT molecular complexity index is 2250. The normalized spacial score (nSPS) is 12.9. The summed E-state index contributed by atoms with van der Waals surface area (Å²) in [6.07, 6.45) is 26.4. The van der Waals surface area contributed by atoms with Crippen molar-refractivity contribution in [2.75, 3.05) is 31.6 Å². The zero-order valence-electron chi connectivity index (χ0n) is 40.3. The maximum absolute atomic E-state index is 14.3. The smallest absolute Gasteiger partial charge is 0.258 e. The van der Waals surface area contributed by atoms with Crippen LogP contribution in [0.3, 0.4) is 0 Å². The fourth-order valence-corrected chi connectivity index (χ4v) is 7.75. The highest BCUT2D eigenvalue weighted by Gasteiger charge is 2.31. The summed E-state index contributed by atoms with van der Waals surface area (Å²) in [6, 6.07) is 25.0. The number of carbonyl (C=O) groups is 3. The minimum atomic E-state index is -1.10. The number of amides is 3. The van der Waals surface area contributed by atoms with Crippen LogP contribution in [0.2, 0.25) is 0 Å². The van der Waals surface area contributed by atoms with Gasteiger partial charge in [-0.15, -0.1) is 0 Å². The first kappa shape index (κ1) is 54.5. The lowest BCUT2D eigenvalue weighted by Crippen LogP contribution is -2.32. The first-order chi connectivity index (χ1) is 33.1. The van der Waals surface area contributed by atoms with Crippen LogP contribution >= 0.6 is 0 Å². The predicted octanol–water partition coefficient (Wildman–Crippen LogP) is 11.4. The summed E-state index contributed by atoms with van der Waals surface area (Å²) >= 11 is 0. The number of unbranched alkanes of at least 4 members (excludes halogenated alkanes) is 1. The van der Waals surface area contributed by atoms with E-state index in [1.54, 1.807) is 12.1 Å². The van der Waals surface area contributed by atoms with E-state index in [2.05, 4.69) is 83.6 Å². The fraction of sp³-hybridized carbons (Fsp3) is 0.386. The molecule has 0 aliphatic carbocycles. The van der Waals surface area contributed by atoms with Gasteiger partial charge in [-0.1, -0.05) is 130 Å². The minimum Gasteiger partial charge on any atom is -0.393 e. The number of nitrogens with one attached hydrogen (secondary N) is 3. The number of allylic oxidation sites excluding steroid dienone is 10. The van der Waals surface area contributed by atoms with Crippen LogP contribution in [0.4, 0.5) is 10.1 Å². The van der Waals surface area contributed by atoms with Crippen molar-refractivity contribution >= 4 is 23.4 Å². The number of aromatic nitrogens is 1. The maximum Gasteiger partial charge on any atom is 0.258 e. The molecule has 0 aliphatic heterocycles. The number of ether oxygens (including phenoxy) is 1. The highest BCUT2D eigenvalue weighted by Crippen LogP contribution is 2.42. The summed E-state index contributed by atoms with van der Waals surface area (Å²) in [6.45, 7) is 7.58. The Labute approximate surface area is 403 Å². The number of rotatable bonds is 31. The number of hydrogen-bond donors (Lipinski definition) is 5. The van der Waals surface area contributed by atoms with E-state index in [1.807, 2.05) is 79.1 Å². The van der Waals surface area contributed by atoms with E-state index >= 15 is 0 Å². The van der Waals surface area contributed by atoms with Gasteiger partial charge in [0, 0.05) is 43.0 Å². The summed E-state index contributed by atoms with van der Waals surface area (Å²) in [4.78, 5) is 39.2. The topological polar surface area (TPSA) is 142 Å². The number of carbonyl (C=O) groups excluding carboxylic acids is 3. The Morgan fingerprint density at radius 1 is 0.691 bits per heavy atom. The molecule has 1 aromatic heterocycles. The minimum absolute atomic E-state index is 0.0274. The summed E-state index contributed by atoms with van der Waals surface area (Å²) in [5.41, 5.74) is 4.79. The number of nitrogens with zero attached hydrogens (tertiary/aromatic N) is 1. The first-order valence-electron chi connectivity index (χ1n) is 24.2. The van der Waals surface area contributed by atoms with Crippen molar-refractivity contribution in [1.82, 2.24) is 15.2 Å². The number of aliphatic hydroxyl groups excluding tert-OH is 2. The largest absolute Gasteiger partial charge is 0.393 e. The second kappa shape index (κ2) is 31.8. The van der Waals surface area contributed by atoms with Crippen molar-refractivity contribution in [3.05, 3.63) is 163 Å². The molecule has 0 saturated heterocycles. The molecule has 0 spiro atoms. The van der Waals surface area contributed by atoms with Crippen LogP contribution in [0.1, 0.15) is 113 Å². The van der Waals surface area contributed by atoms with Gasteiger partial charge < -0.3 is 35.5 Å². The van der Waals surface area contributed by atoms with Gasteiger partial charge in [-0.2, -0.15) is 0 Å². The van der Waals surface area contributed by atoms with Crippen molar-refractivity contribution in [3.8, 4) is 22.4 Å². The van der Waals surface area contributed by atoms with E-state index < -0.39 is 12.2 Å². The monoisotopic (exact) mass is 929 g/mol. The number of aliphatic hydroxyl groups is 2. The van der Waals surface area contributed by atoms with Gasteiger partial charge in [0.2, 0.25) is 11.8 Å². The molecule has 10 nitrogen and oxygen atoms in total. The second-order valence-corrected chi connectivity index (χ2v) is 16.9. The van der Waals surface area contributed by atoms with E-state index in [9.17, 15) is 29.0 Å². The highest BCUT2D eigenvalue weighted by atomic mass is 19.1. The Hall–Kier alpha value is -6.14. The van der Waals surface area contributed by atoms with Crippen molar-refractivity contribution < 1.29 is 33.7 Å². The Balaban J connectivity index is 1.17. The van der Waals surface area contributed by atoms with Crippen molar-refractivity contribution in [2.45, 2.75) is 116 Å². The Kier molecular flexibility index (Phi) is 25.4. The van der Waals surface area contributed by atoms with E-state index in [0.29, 0.717) is 47.6 Å². The lowest BCUT2D eigenvalue weighted by atomic mass is 9.94. The van der Waals surface area contributed by atoms with E-state index in [-0.39, 0.29) is 68.4 Å². The van der Waals surface area contributed by atoms with Crippen molar-refractivity contribution in [3.63, 3.8) is 0 Å². The molecule has 4 rings (SSSR count). The molecule has 0 bridgehead atoms. The number of halogens is 1. The molecule has 2 atom stereocenters. The quantitative estimate of drug-likeness (QED) is 0.0251. The molecular weight excluding hydrogens is 856 g/mol. The first-order valence-corrected chi connectivity index (χ1v) is 24.2. The van der Waals surface area contributed by atoms with E-state index in [1.165, 1.54) is 12.1 Å². The second-order valence-electron chi connectivity index (χ2n) is 16.9. The lowest BCUT2D eigenvalue weighted by Gasteiger charge is -2.20. The van der Waals surface area contributed by atoms with Crippen molar-refractivity contribution in [1.29, 1.82) is 0 Å². The molecule has 5 N–H and O–H groups in total. The van der Waals surface area contributed by atoms with E-state index in [0.717, 1.165) is 56.2 Å². The number of anilines is 1. The van der Waals surface area contributed by atoms with Crippen LogP contribution in [0, 0.1) is 5.82 Å². The third-order valence-electron chi connectivity index (χ3n) is 11.0. The van der Waals surface area contributed by atoms with Crippen LogP contribution in [-0.2, 0) is 20.9 Å². The van der Waals surface area contributed by atoms with Gasteiger partial charge >= 0.3 is 0 Å². The summed E-state index contributed by atoms with van der Waals surface area (Å²) in [5, 5.41) is 30.7. The molecule has 1 heterocycles. The van der Waals surface area contributed by atoms with Gasteiger partial charge in [0.15, 0.2) is 0 Å². The standard InChI is InChI=1S/C57H73FN4O6/c1-4-5-6-7-8-9-10-11-12-13-14-15-16-17-18-19-26-31-51(65)59-37-40-68-41-38-60-52(66)43-50(64)42-49(63)36-39-62-55(44(2)3)54(57(67)61-48-29-24-21-25-30-48)53(45-27-22-20-23-28-45)56(62)46-32-34-47(58)35-33-46/h5-6,8-9,11-12,14-15,17-18,20-25,27-30,32-35,44,49-50,63-64H,4,7,10,13,16,19,26,31,36-43H2,1-3H3,(H,59,65)(H,60,66)(H,61,67)/t49-,50-/m1/s1. The maximum atomic E-state index is 14.3. The number of hydrogen-bond acceptors (Lipinski definition) is 6. The molecule has 0 aliphatic rings. The molecule has 0 radical (unpaired) electrons. The highest BCUT2D eigenvalue weighted by molar-refractivity contribution is 6.12. The number of benzene rings is 3. The molecule has 68 heavy (non-hydrogen) atoms.